The van der Waals surface area contributed by atoms with E-state index >= 15 is 4.39 Å². The van der Waals surface area contributed by atoms with E-state index < -0.39 is 0 Å². The average molecular weight is 436 g/mol. The maximum absolute atomic E-state index is 15.3. The first-order valence-corrected chi connectivity index (χ1v) is 11.0. The number of carbonyl (C=O) groups excluding carboxylic acids is 1. The molecule has 1 fully saturated rings. The minimum absolute atomic E-state index is 0.0298. The van der Waals surface area contributed by atoms with Crippen LogP contribution in [0.1, 0.15) is 31.4 Å². The van der Waals surface area contributed by atoms with Gasteiger partial charge in [-0.15, -0.1) is 0 Å². The van der Waals surface area contributed by atoms with Crippen LogP contribution in [-0.4, -0.2) is 45.2 Å². The third-order valence-corrected chi connectivity index (χ3v) is 6.24. The summed E-state index contributed by atoms with van der Waals surface area (Å²) in [5.74, 6) is -0.388. The molecule has 1 aliphatic heterocycles. The molecule has 0 radical (unpaired) electrons. The van der Waals surface area contributed by atoms with E-state index in [9.17, 15) is 4.79 Å². The van der Waals surface area contributed by atoms with Crippen LogP contribution in [0, 0.1) is 5.82 Å². The van der Waals surface area contributed by atoms with Crippen molar-refractivity contribution >= 4 is 27.8 Å². The van der Waals surface area contributed by atoms with Crippen molar-refractivity contribution in [2.24, 2.45) is 7.05 Å². The summed E-state index contributed by atoms with van der Waals surface area (Å²) in [6, 6.07) is 9.14. The van der Waals surface area contributed by atoms with Crippen LogP contribution in [0.2, 0.25) is 0 Å². The zero-order chi connectivity index (χ0) is 22.2. The molecule has 0 aliphatic carbocycles. The number of ether oxygens (including phenoxy) is 1. The topological polar surface area (TPSA) is 74.0 Å². The van der Waals surface area contributed by atoms with Gasteiger partial charge in [0.15, 0.2) is 0 Å². The standard InChI is InChI=1S/C24H26FN5O2/c1-3-32-22(31)14-30-20-6-4-5-17(23(20)24(28-30)15-7-9-26-10-8-15)18-12-21-16(11-19(18)25)13-27-29(21)2/h4-6,11-13,15,26H,3,7-10,14H2,1-2H3. The number of fused-ring (bicyclic) bond motifs is 2. The summed E-state index contributed by atoms with van der Waals surface area (Å²) in [6.45, 7) is 3.96. The third kappa shape index (κ3) is 3.54. The molecule has 1 N–H and O–H groups in total. The van der Waals surface area contributed by atoms with Gasteiger partial charge >= 0.3 is 5.97 Å². The van der Waals surface area contributed by atoms with E-state index in [1.54, 1.807) is 22.5 Å². The van der Waals surface area contributed by atoms with Crippen LogP contribution in [0.15, 0.2) is 36.5 Å². The molecule has 32 heavy (non-hydrogen) atoms. The highest BCUT2D eigenvalue weighted by molar-refractivity contribution is 5.99. The zero-order valence-corrected chi connectivity index (χ0v) is 18.3. The predicted octanol–water partition coefficient (Wildman–Crippen LogP) is 3.76. The van der Waals surface area contributed by atoms with Crippen LogP contribution in [0.5, 0.6) is 0 Å². The van der Waals surface area contributed by atoms with Crippen molar-refractivity contribution in [1.82, 2.24) is 24.9 Å². The van der Waals surface area contributed by atoms with Gasteiger partial charge in [0.2, 0.25) is 0 Å². The van der Waals surface area contributed by atoms with E-state index in [0.29, 0.717) is 12.2 Å². The zero-order valence-electron chi connectivity index (χ0n) is 18.3. The predicted molar refractivity (Wildman–Crippen MR) is 121 cm³/mol. The molecule has 0 bridgehead atoms. The van der Waals surface area contributed by atoms with Gasteiger partial charge in [0.1, 0.15) is 12.4 Å². The van der Waals surface area contributed by atoms with E-state index in [1.807, 2.05) is 31.3 Å². The van der Waals surface area contributed by atoms with Crippen LogP contribution >= 0.6 is 0 Å². The van der Waals surface area contributed by atoms with Crippen molar-refractivity contribution in [2.75, 3.05) is 19.7 Å². The largest absolute Gasteiger partial charge is 0.465 e. The number of piperidine rings is 1. The Bertz CT molecular complexity index is 1300. The van der Waals surface area contributed by atoms with Crippen molar-refractivity contribution in [2.45, 2.75) is 32.2 Å². The maximum atomic E-state index is 15.3. The molecule has 1 aliphatic rings. The second-order valence-corrected chi connectivity index (χ2v) is 8.23. The normalized spacial score (nSPS) is 15.0. The number of aryl methyl sites for hydroxylation is 1. The summed E-state index contributed by atoms with van der Waals surface area (Å²) in [5.41, 5.74) is 3.89. The molecule has 0 atom stereocenters. The number of benzene rings is 2. The number of esters is 1. The van der Waals surface area contributed by atoms with E-state index in [2.05, 4.69) is 10.4 Å². The molecule has 2 aromatic heterocycles. The molecule has 1 saturated heterocycles. The quantitative estimate of drug-likeness (QED) is 0.483. The number of halogens is 1. The van der Waals surface area contributed by atoms with Gasteiger partial charge in [0.05, 0.1) is 29.5 Å². The molecule has 2 aromatic carbocycles. The maximum Gasteiger partial charge on any atom is 0.327 e. The molecule has 0 saturated carbocycles. The minimum Gasteiger partial charge on any atom is -0.465 e. The van der Waals surface area contributed by atoms with E-state index in [-0.39, 0.29) is 24.2 Å². The third-order valence-electron chi connectivity index (χ3n) is 6.24. The van der Waals surface area contributed by atoms with Crippen molar-refractivity contribution in [1.29, 1.82) is 0 Å². The molecular weight excluding hydrogens is 409 g/mol. The first-order chi connectivity index (χ1) is 15.6. The molecule has 4 aromatic rings. The lowest BCUT2D eigenvalue weighted by Crippen LogP contribution is -2.27. The molecule has 8 heteroatoms. The minimum atomic E-state index is -0.332. The Balaban J connectivity index is 1.73. The number of nitrogens with one attached hydrogen (secondary N) is 1. The van der Waals surface area contributed by atoms with Gasteiger partial charge in [0.25, 0.3) is 0 Å². The SMILES string of the molecule is CCOC(=O)Cn1nc(C2CCNCC2)c2c(-c3cc4c(cnn4C)cc3F)cccc21. The van der Waals surface area contributed by atoms with Crippen LogP contribution < -0.4 is 5.32 Å². The van der Waals surface area contributed by atoms with Gasteiger partial charge in [-0.3, -0.25) is 14.2 Å². The second-order valence-electron chi connectivity index (χ2n) is 8.23. The number of nitrogens with zero attached hydrogens (tertiary/aromatic N) is 4. The summed E-state index contributed by atoms with van der Waals surface area (Å²) < 4.78 is 23.9. The lowest BCUT2D eigenvalue weighted by Gasteiger charge is -2.21. The molecule has 5 rings (SSSR count). The Labute approximate surface area is 185 Å². The fourth-order valence-electron chi connectivity index (χ4n) is 4.69. The van der Waals surface area contributed by atoms with E-state index in [1.165, 1.54) is 6.07 Å². The molecule has 0 spiro atoms. The Kier molecular flexibility index (Phi) is 5.38. The Morgan fingerprint density at radius 3 is 2.81 bits per heavy atom. The van der Waals surface area contributed by atoms with E-state index in [0.717, 1.165) is 59.0 Å². The molecule has 7 nitrogen and oxygen atoms in total. The fraction of sp³-hybridized carbons (Fsp3) is 0.375. The molecule has 0 unspecified atom stereocenters. The lowest BCUT2D eigenvalue weighted by atomic mass is 9.89. The number of hydrogen-bond acceptors (Lipinski definition) is 5. The number of rotatable bonds is 5. The van der Waals surface area contributed by atoms with Gasteiger partial charge in [-0.05, 0) is 56.6 Å². The van der Waals surface area contributed by atoms with Gasteiger partial charge < -0.3 is 10.1 Å². The van der Waals surface area contributed by atoms with Gasteiger partial charge in [-0.25, -0.2) is 4.39 Å². The Morgan fingerprint density at radius 2 is 2.03 bits per heavy atom. The number of aromatic nitrogens is 4. The first kappa shape index (κ1) is 20.6. The number of hydrogen-bond donors (Lipinski definition) is 1. The van der Waals surface area contributed by atoms with Crippen LogP contribution in [0.3, 0.4) is 0 Å². The Hall–Kier alpha value is -3.26. The summed E-state index contributed by atoms with van der Waals surface area (Å²) >= 11 is 0. The van der Waals surface area contributed by atoms with Crippen molar-refractivity contribution in [3.63, 3.8) is 0 Å². The molecule has 166 valence electrons. The van der Waals surface area contributed by atoms with Crippen molar-refractivity contribution < 1.29 is 13.9 Å². The monoisotopic (exact) mass is 435 g/mol. The second kappa shape index (κ2) is 8.35. The van der Waals surface area contributed by atoms with E-state index in [4.69, 9.17) is 9.84 Å². The number of carbonyl (C=O) groups is 1. The summed E-state index contributed by atoms with van der Waals surface area (Å²) in [6.07, 6.45) is 3.56. The average Bonchev–Trinajstić information content (AvgIpc) is 3.34. The molecular formula is C24H26FN5O2. The molecule has 0 amide bonds. The molecule has 3 heterocycles. The van der Waals surface area contributed by atoms with Gasteiger partial charge in [0, 0.05) is 29.3 Å². The summed E-state index contributed by atoms with van der Waals surface area (Å²) in [7, 11) is 1.85. The van der Waals surface area contributed by atoms with Crippen LogP contribution in [-0.2, 0) is 23.1 Å². The first-order valence-electron chi connectivity index (χ1n) is 11.0. The van der Waals surface area contributed by atoms with Crippen molar-refractivity contribution in [3.8, 4) is 11.1 Å². The lowest BCUT2D eigenvalue weighted by molar-refractivity contribution is -0.143. The van der Waals surface area contributed by atoms with Crippen molar-refractivity contribution in [3.05, 3.63) is 48.0 Å². The highest BCUT2D eigenvalue weighted by Crippen LogP contribution is 2.39. The Morgan fingerprint density at radius 1 is 1.22 bits per heavy atom. The summed E-state index contributed by atoms with van der Waals surface area (Å²) in [4.78, 5) is 12.2. The van der Waals surface area contributed by atoms with Gasteiger partial charge in [-0.1, -0.05) is 12.1 Å². The van der Waals surface area contributed by atoms with Gasteiger partial charge in [-0.2, -0.15) is 10.2 Å². The summed E-state index contributed by atoms with van der Waals surface area (Å²) in [5, 5.41) is 14.2. The smallest absolute Gasteiger partial charge is 0.327 e. The van der Waals surface area contributed by atoms with Crippen LogP contribution in [0.4, 0.5) is 4.39 Å². The fourth-order valence-corrected chi connectivity index (χ4v) is 4.69. The highest BCUT2D eigenvalue weighted by Gasteiger charge is 2.26. The highest BCUT2D eigenvalue weighted by atomic mass is 19.1. The van der Waals surface area contributed by atoms with Crippen LogP contribution in [0.25, 0.3) is 32.9 Å².